The van der Waals surface area contributed by atoms with E-state index in [2.05, 4.69) is 5.32 Å². The van der Waals surface area contributed by atoms with Crippen molar-refractivity contribution in [3.05, 3.63) is 92.9 Å². The Morgan fingerprint density at radius 1 is 0.925 bits per heavy atom. The summed E-state index contributed by atoms with van der Waals surface area (Å²) in [5.74, 6) is -0.895. The molecule has 0 heterocycles. The summed E-state index contributed by atoms with van der Waals surface area (Å²) in [7, 11) is -4.18. The molecule has 3 rings (SSSR count). The SMILES string of the molecule is CCCNC(=O)C(CC)N(Cc1ccc(Cl)c(Cl)c1)C(=O)CN(c1cccc(Cl)c1)S(=O)(=O)c1ccc(C)cc1. The average Bonchev–Trinajstić information content (AvgIpc) is 2.92. The second-order valence-corrected chi connectivity index (χ2v) is 12.4. The first-order valence-electron chi connectivity index (χ1n) is 12.8. The topological polar surface area (TPSA) is 86.8 Å². The van der Waals surface area contributed by atoms with Gasteiger partial charge in [0.2, 0.25) is 11.8 Å². The summed E-state index contributed by atoms with van der Waals surface area (Å²) in [5, 5.41) is 3.82. The molecule has 0 aromatic heterocycles. The van der Waals surface area contributed by atoms with Crippen molar-refractivity contribution in [3.63, 3.8) is 0 Å². The number of benzene rings is 3. The summed E-state index contributed by atoms with van der Waals surface area (Å²) in [6.45, 7) is 5.48. The molecule has 40 heavy (non-hydrogen) atoms. The van der Waals surface area contributed by atoms with E-state index in [1.165, 1.54) is 23.1 Å². The Balaban J connectivity index is 2.06. The Bertz CT molecular complexity index is 1450. The van der Waals surface area contributed by atoms with Crippen molar-refractivity contribution in [2.75, 3.05) is 17.4 Å². The molecular formula is C29H32Cl3N3O4S. The summed E-state index contributed by atoms with van der Waals surface area (Å²) in [4.78, 5) is 28.6. The zero-order chi connectivity index (χ0) is 29.4. The van der Waals surface area contributed by atoms with Crippen molar-refractivity contribution < 1.29 is 18.0 Å². The van der Waals surface area contributed by atoms with Crippen LogP contribution in [0.25, 0.3) is 0 Å². The van der Waals surface area contributed by atoms with Crippen LogP contribution in [0.3, 0.4) is 0 Å². The van der Waals surface area contributed by atoms with E-state index in [0.717, 1.165) is 16.3 Å². The highest BCUT2D eigenvalue weighted by molar-refractivity contribution is 7.92. The number of anilines is 1. The third-order valence-corrected chi connectivity index (χ3v) is 9.02. The molecular weight excluding hydrogens is 593 g/mol. The average molecular weight is 625 g/mol. The highest BCUT2D eigenvalue weighted by Gasteiger charge is 2.33. The predicted molar refractivity (Wildman–Crippen MR) is 162 cm³/mol. The second kappa shape index (κ2) is 14.2. The molecule has 0 spiro atoms. The maximum absolute atomic E-state index is 14.0. The van der Waals surface area contributed by atoms with Crippen LogP contribution in [0, 0.1) is 6.92 Å². The van der Waals surface area contributed by atoms with Crippen LogP contribution >= 0.6 is 34.8 Å². The van der Waals surface area contributed by atoms with Crippen LogP contribution in [-0.2, 0) is 26.2 Å². The molecule has 7 nitrogen and oxygen atoms in total. The fraction of sp³-hybridized carbons (Fsp3) is 0.310. The molecule has 2 amide bonds. The molecule has 3 aromatic carbocycles. The van der Waals surface area contributed by atoms with Gasteiger partial charge < -0.3 is 10.2 Å². The van der Waals surface area contributed by atoms with Crippen LogP contribution in [0.15, 0.2) is 71.6 Å². The summed E-state index contributed by atoms with van der Waals surface area (Å²) in [6.07, 6.45) is 1.03. The summed E-state index contributed by atoms with van der Waals surface area (Å²) in [5.41, 5.74) is 1.75. The van der Waals surface area contributed by atoms with E-state index >= 15 is 0 Å². The Labute approximate surface area is 251 Å². The molecule has 0 saturated heterocycles. The molecule has 0 aliphatic heterocycles. The van der Waals surface area contributed by atoms with Gasteiger partial charge in [-0.05, 0) is 67.8 Å². The quantitative estimate of drug-likeness (QED) is 0.250. The first-order valence-corrected chi connectivity index (χ1v) is 15.4. The van der Waals surface area contributed by atoms with Gasteiger partial charge in [0.05, 0.1) is 20.6 Å². The lowest BCUT2D eigenvalue weighted by atomic mass is 10.1. The zero-order valence-corrected chi connectivity index (χ0v) is 25.6. The number of nitrogens with zero attached hydrogens (tertiary/aromatic N) is 2. The van der Waals surface area contributed by atoms with Gasteiger partial charge >= 0.3 is 0 Å². The van der Waals surface area contributed by atoms with Gasteiger partial charge in [-0.25, -0.2) is 8.42 Å². The molecule has 1 unspecified atom stereocenters. The molecule has 1 N–H and O–H groups in total. The van der Waals surface area contributed by atoms with Crippen LogP contribution < -0.4 is 9.62 Å². The van der Waals surface area contributed by atoms with Gasteiger partial charge in [-0.15, -0.1) is 0 Å². The van der Waals surface area contributed by atoms with Crippen molar-refractivity contribution in [1.82, 2.24) is 10.2 Å². The first-order chi connectivity index (χ1) is 19.0. The lowest BCUT2D eigenvalue weighted by Crippen LogP contribution is -2.52. The molecule has 0 fully saturated rings. The minimum absolute atomic E-state index is 0.0156. The lowest BCUT2D eigenvalue weighted by Gasteiger charge is -2.33. The third-order valence-electron chi connectivity index (χ3n) is 6.26. The smallest absolute Gasteiger partial charge is 0.264 e. The standard InChI is InChI=1S/C29H32Cl3N3O4S/c1-4-15-33-29(37)27(5-2)34(18-21-11-14-25(31)26(32)16-21)28(36)19-35(23-8-6-7-22(30)17-23)40(38,39)24-12-9-20(3)10-13-24/h6-14,16-17,27H,4-5,15,18-19H2,1-3H3,(H,33,37). The number of amides is 2. The van der Waals surface area contributed by atoms with E-state index in [9.17, 15) is 18.0 Å². The van der Waals surface area contributed by atoms with Crippen molar-refractivity contribution in [1.29, 1.82) is 0 Å². The van der Waals surface area contributed by atoms with Gasteiger partial charge in [0.25, 0.3) is 10.0 Å². The summed E-state index contributed by atoms with van der Waals surface area (Å²) >= 11 is 18.5. The Morgan fingerprint density at radius 3 is 2.23 bits per heavy atom. The van der Waals surface area contributed by atoms with E-state index in [1.807, 2.05) is 13.8 Å². The Kier molecular flexibility index (Phi) is 11.3. The van der Waals surface area contributed by atoms with Gasteiger partial charge in [-0.1, -0.05) is 78.5 Å². The number of sulfonamides is 1. The molecule has 0 aliphatic carbocycles. The molecule has 0 radical (unpaired) electrons. The van der Waals surface area contributed by atoms with E-state index < -0.39 is 28.5 Å². The highest BCUT2D eigenvalue weighted by atomic mass is 35.5. The molecule has 1 atom stereocenters. The number of carbonyl (C=O) groups excluding carboxylic acids is 2. The second-order valence-electron chi connectivity index (χ2n) is 9.29. The zero-order valence-electron chi connectivity index (χ0n) is 22.5. The van der Waals surface area contributed by atoms with Crippen LogP contribution in [0.4, 0.5) is 5.69 Å². The number of hydrogen-bond acceptors (Lipinski definition) is 4. The minimum Gasteiger partial charge on any atom is -0.354 e. The van der Waals surface area contributed by atoms with E-state index in [0.29, 0.717) is 33.6 Å². The van der Waals surface area contributed by atoms with Crippen molar-refractivity contribution >= 4 is 62.3 Å². The predicted octanol–water partition coefficient (Wildman–Crippen LogP) is 6.48. The van der Waals surface area contributed by atoms with Gasteiger partial charge in [-0.3, -0.25) is 13.9 Å². The van der Waals surface area contributed by atoms with E-state index in [-0.39, 0.29) is 23.0 Å². The lowest BCUT2D eigenvalue weighted by molar-refractivity contribution is -0.140. The van der Waals surface area contributed by atoms with Crippen LogP contribution in [0.5, 0.6) is 0 Å². The fourth-order valence-electron chi connectivity index (χ4n) is 4.12. The molecule has 11 heteroatoms. The number of nitrogens with one attached hydrogen (secondary N) is 1. The number of rotatable bonds is 12. The third kappa shape index (κ3) is 7.91. The maximum Gasteiger partial charge on any atom is 0.264 e. The molecule has 0 saturated carbocycles. The molecule has 0 aliphatic rings. The number of carbonyl (C=O) groups is 2. The molecule has 214 valence electrons. The number of halogens is 3. The van der Waals surface area contributed by atoms with Gasteiger partial charge in [0, 0.05) is 18.1 Å². The first kappa shape index (κ1) is 31.7. The Morgan fingerprint density at radius 2 is 1.62 bits per heavy atom. The van der Waals surface area contributed by atoms with E-state index in [4.69, 9.17) is 34.8 Å². The summed E-state index contributed by atoms with van der Waals surface area (Å²) in [6, 6.07) is 16.7. The minimum atomic E-state index is -4.18. The fourth-order valence-corrected chi connectivity index (χ4v) is 6.03. The number of hydrogen-bond donors (Lipinski definition) is 1. The number of aryl methyl sites for hydroxylation is 1. The maximum atomic E-state index is 14.0. The largest absolute Gasteiger partial charge is 0.354 e. The van der Waals surface area contributed by atoms with Crippen molar-refractivity contribution in [2.24, 2.45) is 0 Å². The van der Waals surface area contributed by atoms with Crippen LogP contribution in [-0.4, -0.2) is 44.3 Å². The summed E-state index contributed by atoms with van der Waals surface area (Å²) < 4.78 is 28.8. The van der Waals surface area contributed by atoms with E-state index in [1.54, 1.807) is 55.5 Å². The van der Waals surface area contributed by atoms with Gasteiger partial charge in [0.1, 0.15) is 12.6 Å². The van der Waals surface area contributed by atoms with Gasteiger partial charge in [0.15, 0.2) is 0 Å². The monoisotopic (exact) mass is 623 g/mol. The van der Waals surface area contributed by atoms with Crippen molar-refractivity contribution in [3.8, 4) is 0 Å². The normalized spacial score (nSPS) is 12.1. The van der Waals surface area contributed by atoms with Crippen LogP contribution in [0.1, 0.15) is 37.8 Å². The highest BCUT2D eigenvalue weighted by Crippen LogP contribution is 2.28. The molecule has 0 bridgehead atoms. The van der Waals surface area contributed by atoms with Gasteiger partial charge in [-0.2, -0.15) is 0 Å². The van der Waals surface area contributed by atoms with Crippen molar-refractivity contribution in [2.45, 2.75) is 51.1 Å². The Hall–Kier alpha value is -2.78. The molecule has 3 aromatic rings. The van der Waals surface area contributed by atoms with Crippen LogP contribution in [0.2, 0.25) is 15.1 Å².